The molecule has 1 amide bonds. The van der Waals surface area contributed by atoms with Gasteiger partial charge in [0, 0.05) is 17.9 Å². The van der Waals surface area contributed by atoms with Gasteiger partial charge in [0.1, 0.15) is 17.1 Å². The average molecular weight is 284 g/mol. The summed E-state index contributed by atoms with van der Waals surface area (Å²) in [5.74, 6) is -1.00. The second kappa shape index (κ2) is 5.36. The van der Waals surface area contributed by atoms with Crippen molar-refractivity contribution in [1.82, 2.24) is 0 Å². The first-order chi connectivity index (χ1) is 10.2. The maximum Gasteiger partial charge on any atom is 0.263 e. The lowest BCUT2D eigenvalue weighted by Gasteiger charge is -2.21. The second-order valence-corrected chi connectivity index (χ2v) is 4.99. The molecule has 0 saturated carbocycles. The van der Waals surface area contributed by atoms with Crippen LogP contribution in [0.3, 0.4) is 0 Å². The minimum absolute atomic E-state index is 0.112. The number of carbonyl (C=O) groups excluding carboxylic acids is 1. The Balaban J connectivity index is 1.92. The Morgan fingerprint density at radius 3 is 2.57 bits per heavy atom. The summed E-state index contributed by atoms with van der Waals surface area (Å²) in [6.07, 6.45) is 1.88. The highest BCUT2D eigenvalue weighted by atomic mass is 16.3. The fraction of sp³-hybridized carbons (Fsp3) is 0.188. The third kappa shape index (κ3) is 2.50. The van der Waals surface area contributed by atoms with Gasteiger partial charge in [-0.25, -0.2) is 0 Å². The molecule has 0 aliphatic carbocycles. The maximum absolute atomic E-state index is 12.3. The number of hydrogen-bond donors (Lipinski definition) is 4. The molecule has 4 N–H and O–H groups in total. The van der Waals surface area contributed by atoms with Crippen molar-refractivity contribution in [2.24, 2.45) is 0 Å². The molecule has 1 aliphatic rings. The summed E-state index contributed by atoms with van der Waals surface area (Å²) in [5, 5.41) is 25.5. The molecule has 1 heterocycles. The number of carbonyl (C=O) groups is 1. The van der Waals surface area contributed by atoms with Crippen molar-refractivity contribution >= 4 is 17.3 Å². The maximum atomic E-state index is 12.3. The van der Waals surface area contributed by atoms with Crippen LogP contribution in [0.2, 0.25) is 0 Å². The van der Waals surface area contributed by atoms with E-state index in [2.05, 4.69) is 10.6 Å². The molecule has 0 aromatic heterocycles. The van der Waals surface area contributed by atoms with Crippen LogP contribution in [-0.2, 0) is 6.42 Å². The number of fused-ring (bicyclic) bond motifs is 1. The molecule has 0 fully saturated rings. The van der Waals surface area contributed by atoms with E-state index < -0.39 is 5.91 Å². The van der Waals surface area contributed by atoms with Crippen molar-refractivity contribution in [2.45, 2.75) is 12.8 Å². The molecule has 5 heteroatoms. The van der Waals surface area contributed by atoms with E-state index in [9.17, 15) is 15.0 Å². The molecule has 108 valence electrons. The largest absolute Gasteiger partial charge is 0.507 e. The van der Waals surface area contributed by atoms with E-state index in [-0.39, 0.29) is 17.1 Å². The Kier molecular flexibility index (Phi) is 3.39. The van der Waals surface area contributed by atoms with Crippen molar-refractivity contribution < 1.29 is 15.0 Å². The van der Waals surface area contributed by atoms with E-state index in [0.717, 1.165) is 30.6 Å². The molecule has 2 aromatic rings. The Hall–Kier alpha value is -2.69. The summed E-state index contributed by atoms with van der Waals surface area (Å²) >= 11 is 0. The Bertz CT molecular complexity index is 678. The first-order valence-electron chi connectivity index (χ1n) is 6.85. The minimum atomic E-state index is -0.524. The van der Waals surface area contributed by atoms with Gasteiger partial charge in [0.05, 0.1) is 0 Å². The summed E-state index contributed by atoms with van der Waals surface area (Å²) < 4.78 is 0. The van der Waals surface area contributed by atoms with Gasteiger partial charge in [0.15, 0.2) is 0 Å². The van der Waals surface area contributed by atoms with E-state index >= 15 is 0 Å². The van der Waals surface area contributed by atoms with Crippen molar-refractivity contribution in [3.63, 3.8) is 0 Å². The van der Waals surface area contributed by atoms with Gasteiger partial charge in [-0.05, 0) is 42.7 Å². The summed E-state index contributed by atoms with van der Waals surface area (Å²) in [5.41, 5.74) is 2.65. The second-order valence-electron chi connectivity index (χ2n) is 4.99. The number of phenols is 2. The van der Waals surface area contributed by atoms with Gasteiger partial charge in [-0.15, -0.1) is 0 Å². The summed E-state index contributed by atoms with van der Waals surface area (Å²) in [6.45, 7) is 0.921. The first kappa shape index (κ1) is 13.3. The van der Waals surface area contributed by atoms with Crippen LogP contribution in [0.1, 0.15) is 22.3 Å². The zero-order valence-electron chi connectivity index (χ0n) is 11.4. The zero-order valence-corrected chi connectivity index (χ0v) is 11.4. The SMILES string of the molecule is O=C(Nc1cccc2c1CCCN2)c1c(O)cccc1O. The van der Waals surface area contributed by atoms with Crippen molar-refractivity contribution in [1.29, 1.82) is 0 Å². The smallest absolute Gasteiger partial charge is 0.263 e. The van der Waals surface area contributed by atoms with Crippen LogP contribution in [0, 0.1) is 0 Å². The Labute approximate surface area is 122 Å². The topological polar surface area (TPSA) is 81.6 Å². The van der Waals surface area contributed by atoms with Crippen LogP contribution in [0.15, 0.2) is 36.4 Å². The number of nitrogens with one attached hydrogen (secondary N) is 2. The highest BCUT2D eigenvalue weighted by molar-refractivity contribution is 6.08. The average Bonchev–Trinajstić information content (AvgIpc) is 2.47. The number of anilines is 2. The predicted molar refractivity (Wildman–Crippen MR) is 81.0 cm³/mol. The lowest BCUT2D eigenvalue weighted by Crippen LogP contribution is -2.17. The molecule has 3 rings (SSSR count). The molecule has 21 heavy (non-hydrogen) atoms. The van der Waals surface area contributed by atoms with Gasteiger partial charge in [-0.1, -0.05) is 12.1 Å². The van der Waals surface area contributed by atoms with Crippen LogP contribution >= 0.6 is 0 Å². The first-order valence-corrected chi connectivity index (χ1v) is 6.85. The van der Waals surface area contributed by atoms with Gasteiger partial charge >= 0.3 is 0 Å². The lowest BCUT2D eigenvalue weighted by molar-refractivity contribution is 0.102. The number of aromatic hydroxyl groups is 2. The van der Waals surface area contributed by atoms with Crippen LogP contribution in [-0.4, -0.2) is 22.7 Å². The minimum Gasteiger partial charge on any atom is -0.507 e. The van der Waals surface area contributed by atoms with Gasteiger partial charge in [0.25, 0.3) is 5.91 Å². The third-order valence-electron chi connectivity index (χ3n) is 3.59. The van der Waals surface area contributed by atoms with Gasteiger partial charge in [-0.3, -0.25) is 4.79 Å². The quantitative estimate of drug-likeness (QED) is 0.683. The molecule has 0 radical (unpaired) electrons. The molecule has 0 saturated heterocycles. The van der Waals surface area contributed by atoms with Crippen LogP contribution in [0.5, 0.6) is 11.5 Å². The number of amides is 1. The number of rotatable bonds is 2. The van der Waals surface area contributed by atoms with Crippen molar-refractivity contribution in [3.8, 4) is 11.5 Å². The fourth-order valence-electron chi connectivity index (χ4n) is 2.57. The molecule has 0 bridgehead atoms. The molecule has 0 spiro atoms. The number of hydrogen-bond acceptors (Lipinski definition) is 4. The highest BCUT2D eigenvalue weighted by Gasteiger charge is 2.19. The van der Waals surface area contributed by atoms with Crippen LogP contribution in [0.4, 0.5) is 11.4 Å². The van der Waals surface area contributed by atoms with E-state index in [4.69, 9.17) is 0 Å². The molecular weight excluding hydrogens is 268 g/mol. The molecule has 0 unspecified atom stereocenters. The van der Waals surface area contributed by atoms with Crippen LogP contribution < -0.4 is 10.6 Å². The van der Waals surface area contributed by atoms with Crippen molar-refractivity contribution in [2.75, 3.05) is 17.2 Å². The summed E-state index contributed by atoms with van der Waals surface area (Å²) in [6, 6.07) is 9.88. The molecule has 5 nitrogen and oxygen atoms in total. The molecule has 2 aromatic carbocycles. The summed E-state index contributed by atoms with van der Waals surface area (Å²) in [7, 11) is 0. The zero-order chi connectivity index (χ0) is 14.8. The van der Waals surface area contributed by atoms with E-state index in [1.54, 1.807) is 0 Å². The number of benzene rings is 2. The monoisotopic (exact) mass is 284 g/mol. The van der Waals surface area contributed by atoms with Gasteiger partial charge in [-0.2, -0.15) is 0 Å². The molecular formula is C16H16N2O3. The molecule has 1 aliphatic heterocycles. The summed E-state index contributed by atoms with van der Waals surface area (Å²) in [4.78, 5) is 12.3. The van der Waals surface area contributed by atoms with E-state index in [1.165, 1.54) is 18.2 Å². The Morgan fingerprint density at radius 2 is 1.81 bits per heavy atom. The van der Waals surface area contributed by atoms with E-state index in [1.807, 2.05) is 18.2 Å². The fourth-order valence-corrected chi connectivity index (χ4v) is 2.57. The van der Waals surface area contributed by atoms with E-state index in [0.29, 0.717) is 5.69 Å². The van der Waals surface area contributed by atoms with Gasteiger partial charge < -0.3 is 20.8 Å². The normalized spacial score (nSPS) is 13.1. The third-order valence-corrected chi connectivity index (χ3v) is 3.59. The Morgan fingerprint density at radius 1 is 1.10 bits per heavy atom. The lowest BCUT2D eigenvalue weighted by atomic mass is 10.0. The molecule has 0 atom stereocenters. The highest BCUT2D eigenvalue weighted by Crippen LogP contribution is 2.31. The predicted octanol–water partition coefficient (Wildman–Crippen LogP) is 2.71. The van der Waals surface area contributed by atoms with Crippen molar-refractivity contribution in [3.05, 3.63) is 47.5 Å². The van der Waals surface area contributed by atoms with Gasteiger partial charge in [0.2, 0.25) is 0 Å². The standard InChI is InChI=1S/C16H16N2O3/c19-13-7-2-8-14(20)15(13)16(21)18-12-6-1-5-11-10(12)4-3-9-17-11/h1-2,5-8,17,19-20H,3-4,9H2,(H,18,21). The number of phenolic OH excluding ortho intramolecular Hbond substituents is 2. The van der Waals surface area contributed by atoms with Crippen LogP contribution in [0.25, 0.3) is 0 Å².